The number of hydrogen-bond donors (Lipinski definition) is 5. The summed E-state index contributed by atoms with van der Waals surface area (Å²) in [4.78, 5) is 71.9. The second kappa shape index (κ2) is 18.2. The molecule has 5 N–H and O–H groups in total. The van der Waals surface area contributed by atoms with Gasteiger partial charge < -0.3 is 31.3 Å². The Hall–Kier alpha value is -4.40. The highest BCUT2D eigenvalue weighted by Crippen LogP contribution is 2.43. The second-order valence-electron chi connectivity index (χ2n) is 17.6. The van der Waals surface area contributed by atoms with Crippen molar-refractivity contribution in [2.75, 3.05) is 6.54 Å². The standard InChI is InChI=1S/C40H61N9O6.CH4/c1-9-14-28(33(51)37(54)41-26-19-20-26)42-36(53)32-27-18-13-15-24(27)22-48(32)38(55)34(39(4,5)6)44-35(52)31(23(2)3)43-30(50)21-29-45-47-49(46-29)40(7,8)25-16-11-10-12-17-25;/h10-12,16-17,23-24,26-28,31-34,51H,9,13-15,18-22H2,1-8H3,(H,41,54)(H,42,53)(H,43,50)(H,44,52);1H4/t24-,27-,28?,31-,32-,33?,34-;/m0./s1. The Labute approximate surface area is 331 Å². The number of carbonyl (C=O) groups is 5. The van der Waals surface area contributed by atoms with Crippen LogP contribution in [0.15, 0.2) is 30.3 Å². The van der Waals surface area contributed by atoms with Gasteiger partial charge >= 0.3 is 0 Å². The van der Waals surface area contributed by atoms with E-state index in [-0.39, 0.29) is 49.4 Å². The van der Waals surface area contributed by atoms with Gasteiger partial charge in [0.1, 0.15) is 23.7 Å². The number of aliphatic hydroxyl groups excluding tert-OH is 1. The fraction of sp³-hybridized carbons (Fsp3) is 0.707. The molecular weight excluding hydrogens is 715 g/mol. The molecule has 15 heteroatoms. The first kappa shape index (κ1) is 44.3. The molecule has 7 atom stereocenters. The maximum Gasteiger partial charge on any atom is 0.251 e. The lowest BCUT2D eigenvalue weighted by Crippen LogP contribution is -2.62. The highest BCUT2D eigenvalue weighted by Gasteiger charge is 2.52. The number of amides is 5. The molecule has 2 aliphatic carbocycles. The number of nitrogens with zero attached hydrogens (tertiary/aromatic N) is 5. The summed E-state index contributed by atoms with van der Waals surface area (Å²) < 4.78 is 0. The van der Waals surface area contributed by atoms with Gasteiger partial charge in [0.15, 0.2) is 11.9 Å². The molecule has 1 aromatic heterocycles. The monoisotopic (exact) mass is 780 g/mol. The first-order chi connectivity index (χ1) is 25.9. The van der Waals surface area contributed by atoms with Gasteiger partial charge in [-0.15, -0.1) is 10.2 Å². The van der Waals surface area contributed by atoms with Gasteiger partial charge in [-0.05, 0) is 79.9 Å². The van der Waals surface area contributed by atoms with Crippen LogP contribution in [0.1, 0.15) is 119 Å². The zero-order valence-corrected chi connectivity index (χ0v) is 33.7. The van der Waals surface area contributed by atoms with Gasteiger partial charge in [-0.25, -0.2) is 0 Å². The summed E-state index contributed by atoms with van der Waals surface area (Å²) in [5.41, 5.74) is -0.400. The maximum absolute atomic E-state index is 14.6. The van der Waals surface area contributed by atoms with E-state index in [1.54, 1.807) is 4.90 Å². The number of fused-ring (bicyclic) bond motifs is 1. The molecule has 3 aliphatic rings. The number of aliphatic hydroxyl groups is 1. The van der Waals surface area contributed by atoms with Crippen LogP contribution in [-0.4, -0.2) is 103 Å². The van der Waals surface area contributed by atoms with E-state index in [9.17, 15) is 29.1 Å². The van der Waals surface area contributed by atoms with Crippen molar-refractivity contribution in [3.63, 3.8) is 0 Å². The van der Waals surface area contributed by atoms with Crippen LogP contribution in [0.4, 0.5) is 0 Å². The number of nitrogens with one attached hydrogen (secondary N) is 4. The normalized spacial score (nSPS) is 21.6. The topological polar surface area (TPSA) is 201 Å². The number of hydrogen-bond acceptors (Lipinski definition) is 9. The molecule has 2 heterocycles. The summed E-state index contributed by atoms with van der Waals surface area (Å²) in [7, 11) is 0. The van der Waals surface area contributed by atoms with Gasteiger partial charge in [0, 0.05) is 12.6 Å². The molecule has 0 spiro atoms. The number of benzene rings is 1. The quantitative estimate of drug-likeness (QED) is 0.170. The molecule has 5 rings (SSSR count). The van der Waals surface area contributed by atoms with Crippen molar-refractivity contribution in [1.29, 1.82) is 0 Å². The first-order valence-corrected chi connectivity index (χ1v) is 20.0. The Bertz CT molecular complexity index is 1690. The van der Waals surface area contributed by atoms with Crippen LogP contribution >= 0.6 is 0 Å². The smallest absolute Gasteiger partial charge is 0.251 e. The van der Waals surface area contributed by atoms with E-state index < -0.39 is 64.9 Å². The third kappa shape index (κ3) is 10.3. The minimum atomic E-state index is -1.41. The first-order valence-electron chi connectivity index (χ1n) is 20.0. The van der Waals surface area contributed by atoms with Gasteiger partial charge in [0.2, 0.25) is 23.6 Å². The van der Waals surface area contributed by atoms with Crippen LogP contribution in [0.25, 0.3) is 0 Å². The Morgan fingerprint density at radius 2 is 1.61 bits per heavy atom. The maximum atomic E-state index is 14.6. The molecule has 1 saturated heterocycles. The van der Waals surface area contributed by atoms with Crippen LogP contribution in [0.5, 0.6) is 0 Å². The minimum absolute atomic E-state index is 0. The van der Waals surface area contributed by atoms with E-state index in [1.165, 1.54) is 4.80 Å². The summed E-state index contributed by atoms with van der Waals surface area (Å²) in [5, 5.41) is 35.3. The van der Waals surface area contributed by atoms with Crippen molar-refractivity contribution in [1.82, 2.24) is 46.4 Å². The molecule has 5 amide bonds. The molecule has 2 unspecified atom stereocenters. The molecule has 1 aliphatic heterocycles. The summed E-state index contributed by atoms with van der Waals surface area (Å²) in [6.45, 7) is 15.4. The lowest BCUT2D eigenvalue weighted by atomic mass is 9.85. The fourth-order valence-electron chi connectivity index (χ4n) is 7.92. The number of aromatic nitrogens is 4. The molecule has 2 aromatic rings. The van der Waals surface area contributed by atoms with E-state index in [0.717, 1.165) is 37.7 Å². The van der Waals surface area contributed by atoms with Crippen molar-refractivity contribution >= 4 is 29.5 Å². The van der Waals surface area contributed by atoms with Gasteiger partial charge in [0.25, 0.3) is 5.91 Å². The summed E-state index contributed by atoms with van der Waals surface area (Å²) in [5.74, 6) is -2.36. The molecule has 3 fully saturated rings. The molecular formula is C41H65N9O6. The molecule has 56 heavy (non-hydrogen) atoms. The van der Waals surface area contributed by atoms with Crippen LogP contribution in [-0.2, 0) is 35.9 Å². The van der Waals surface area contributed by atoms with Gasteiger partial charge in [-0.2, -0.15) is 4.80 Å². The third-order valence-corrected chi connectivity index (χ3v) is 11.4. The van der Waals surface area contributed by atoms with E-state index in [2.05, 4.69) is 36.7 Å². The minimum Gasteiger partial charge on any atom is -0.381 e. The van der Waals surface area contributed by atoms with E-state index in [4.69, 9.17) is 0 Å². The Kier molecular flexibility index (Phi) is 14.4. The van der Waals surface area contributed by atoms with Crippen LogP contribution in [0.2, 0.25) is 0 Å². The number of likely N-dealkylation sites (tertiary alicyclic amines) is 1. The zero-order chi connectivity index (χ0) is 40.2. The summed E-state index contributed by atoms with van der Waals surface area (Å²) in [6.07, 6.45) is 3.75. The number of carbonyl (C=O) groups excluding carboxylic acids is 5. The summed E-state index contributed by atoms with van der Waals surface area (Å²) in [6, 6.07) is 6.16. The Morgan fingerprint density at radius 3 is 2.21 bits per heavy atom. The summed E-state index contributed by atoms with van der Waals surface area (Å²) >= 11 is 0. The highest BCUT2D eigenvalue weighted by molar-refractivity contribution is 5.95. The lowest BCUT2D eigenvalue weighted by Gasteiger charge is -2.37. The van der Waals surface area contributed by atoms with Crippen molar-refractivity contribution in [3.05, 3.63) is 41.7 Å². The largest absolute Gasteiger partial charge is 0.381 e. The van der Waals surface area contributed by atoms with E-state index in [1.807, 2.05) is 85.7 Å². The molecule has 0 radical (unpaired) electrons. The highest BCUT2D eigenvalue weighted by atomic mass is 16.3. The van der Waals surface area contributed by atoms with Gasteiger partial charge in [0.05, 0.1) is 12.5 Å². The zero-order valence-electron chi connectivity index (χ0n) is 33.7. The lowest BCUT2D eigenvalue weighted by molar-refractivity contribution is -0.146. The molecule has 310 valence electrons. The fourth-order valence-corrected chi connectivity index (χ4v) is 7.92. The molecule has 15 nitrogen and oxygen atoms in total. The van der Waals surface area contributed by atoms with Gasteiger partial charge in [-0.3, -0.25) is 24.0 Å². The van der Waals surface area contributed by atoms with Crippen molar-refractivity contribution in [2.24, 2.45) is 23.2 Å². The van der Waals surface area contributed by atoms with E-state index >= 15 is 0 Å². The molecule has 0 bridgehead atoms. The third-order valence-electron chi connectivity index (χ3n) is 11.4. The number of tetrazole rings is 1. The van der Waals surface area contributed by atoms with Crippen molar-refractivity contribution in [3.8, 4) is 0 Å². The van der Waals surface area contributed by atoms with Crippen molar-refractivity contribution in [2.45, 2.75) is 156 Å². The SMILES string of the molecule is C.CCCC(NC(=O)[C@@H]1[C@H]2CCC[C@H]2CN1C(=O)[C@H](NC(=O)[C@@H](NC(=O)Cc1nnn(C(C)(C)c2ccccc2)n1)C(C)C)C(C)(C)C)C(O)C(=O)NC1CC1. The van der Waals surface area contributed by atoms with E-state index in [0.29, 0.717) is 19.4 Å². The van der Waals surface area contributed by atoms with Gasteiger partial charge in [-0.1, -0.05) is 92.1 Å². The predicted molar refractivity (Wildman–Crippen MR) is 212 cm³/mol. The Balaban J connectivity index is 0.00000696. The predicted octanol–water partition coefficient (Wildman–Crippen LogP) is 2.86. The van der Waals surface area contributed by atoms with Crippen LogP contribution in [0.3, 0.4) is 0 Å². The molecule has 2 saturated carbocycles. The second-order valence-corrected chi connectivity index (χ2v) is 17.6. The average Bonchev–Trinajstić information content (AvgIpc) is 3.45. The van der Waals surface area contributed by atoms with Crippen molar-refractivity contribution < 1.29 is 29.1 Å². The molecule has 1 aromatic carbocycles. The van der Waals surface area contributed by atoms with Crippen LogP contribution in [0, 0.1) is 23.2 Å². The average molecular weight is 780 g/mol. The van der Waals surface area contributed by atoms with Crippen LogP contribution < -0.4 is 21.3 Å². The Morgan fingerprint density at radius 1 is 0.929 bits per heavy atom. The number of rotatable bonds is 16.